The zero-order chi connectivity index (χ0) is 20.5. The van der Waals surface area contributed by atoms with Crippen LogP contribution in [0.15, 0.2) is 47.5 Å². The third-order valence-corrected chi connectivity index (χ3v) is 4.34. The first-order valence-electron chi connectivity index (χ1n) is 9.15. The number of guanidine groups is 1. The monoisotopic (exact) mass is 384 g/mol. The topological polar surface area (TPSA) is 98.0 Å². The van der Waals surface area contributed by atoms with E-state index < -0.39 is 0 Å². The molecule has 0 aliphatic carbocycles. The van der Waals surface area contributed by atoms with Crippen LogP contribution in [0.2, 0.25) is 0 Å². The number of aliphatic imine (C=N–C) groups is 1. The summed E-state index contributed by atoms with van der Waals surface area (Å²) in [6.45, 7) is 4.28. The third-order valence-electron chi connectivity index (χ3n) is 4.34. The number of nitrogens with two attached hydrogens (primary N) is 1. The first-order valence-corrected chi connectivity index (χ1v) is 9.15. The summed E-state index contributed by atoms with van der Waals surface area (Å²) in [4.78, 5) is 16.4. The summed E-state index contributed by atoms with van der Waals surface area (Å²) in [6.07, 6.45) is 0.800. The highest BCUT2D eigenvalue weighted by atomic mass is 16.5. The number of hydrogen-bond donors (Lipinski definition) is 3. The highest BCUT2D eigenvalue weighted by molar-refractivity contribution is 5.93. The predicted octanol–water partition coefficient (Wildman–Crippen LogP) is 3.62. The molecule has 2 rings (SSSR count). The van der Waals surface area contributed by atoms with Crippen LogP contribution in [0.3, 0.4) is 0 Å². The van der Waals surface area contributed by atoms with Crippen LogP contribution in [-0.2, 0) is 11.3 Å². The second-order valence-corrected chi connectivity index (χ2v) is 6.40. The maximum Gasteiger partial charge on any atom is 0.227 e. The van der Waals surface area contributed by atoms with Gasteiger partial charge in [0.1, 0.15) is 0 Å². The third kappa shape index (κ3) is 5.90. The number of carbonyl (C=O) groups excluding carboxylic acids is 1. The Labute approximate surface area is 165 Å². The average molecular weight is 384 g/mol. The quantitative estimate of drug-likeness (QED) is 0.477. The van der Waals surface area contributed by atoms with Gasteiger partial charge < -0.3 is 25.8 Å². The molecule has 7 nitrogen and oxygen atoms in total. The Morgan fingerprint density at radius 1 is 1.07 bits per heavy atom. The van der Waals surface area contributed by atoms with E-state index in [0.717, 1.165) is 23.4 Å². The molecule has 1 unspecified atom stereocenters. The average Bonchev–Trinajstić information content (AvgIpc) is 2.71. The highest BCUT2D eigenvalue weighted by Gasteiger charge is 2.10. The van der Waals surface area contributed by atoms with Crippen LogP contribution in [0.25, 0.3) is 0 Å². The van der Waals surface area contributed by atoms with E-state index in [0.29, 0.717) is 18.0 Å². The zero-order valence-electron chi connectivity index (χ0n) is 16.8. The van der Waals surface area contributed by atoms with Crippen molar-refractivity contribution in [3.05, 3.63) is 48.0 Å². The largest absolute Gasteiger partial charge is 0.493 e. The number of ether oxygens (including phenoxy) is 2. The van der Waals surface area contributed by atoms with E-state index in [1.165, 1.54) is 0 Å². The Kier molecular flexibility index (Phi) is 7.68. The van der Waals surface area contributed by atoms with Crippen LogP contribution in [-0.4, -0.2) is 26.1 Å². The summed E-state index contributed by atoms with van der Waals surface area (Å²) in [5, 5.41) is 5.95. The molecular formula is C21H28N4O3. The number of nitrogens with one attached hydrogen (secondary N) is 2. The van der Waals surface area contributed by atoms with Gasteiger partial charge in [-0.1, -0.05) is 26.0 Å². The molecule has 0 aromatic heterocycles. The molecule has 28 heavy (non-hydrogen) atoms. The summed E-state index contributed by atoms with van der Waals surface area (Å²) in [5.74, 6) is 1.51. The maximum atomic E-state index is 12.0. The fraction of sp³-hybridized carbons (Fsp3) is 0.333. The van der Waals surface area contributed by atoms with Gasteiger partial charge in [0.2, 0.25) is 5.91 Å². The molecule has 1 amide bonds. The van der Waals surface area contributed by atoms with Gasteiger partial charge in [-0.15, -0.1) is 0 Å². The Morgan fingerprint density at radius 3 is 2.46 bits per heavy atom. The molecular weight excluding hydrogens is 356 g/mol. The van der Waals surface area contributed by atoms with Gasteiger partial charge in [0.15, 0.2) is 17.5 Å². The van der Waals surface area contributed by atoms with Crippen molar-refractivity contribution in [2.24, 2.45) is 16.6 Å². The molecule has 0 aliphatic heterocycles. The molecule has 0 spiro atoms. The number of benzene rings is 2. The number of amides is 1. The van der Waals surface area contributed by atoms with Crippen molar-refractivity contribution in [2.75, 3.05) is 24.9 Å². The standard InChI is InChI=1S/C21H28N4O3/c1-5-14(2)20(26)24-16-8-6-7-15(11-16)13-23-21(22)25-17-9-10-18(27-3)19(12-17)28-4/h6-12,14H,5,13H2,1-4H3,(H,24,26)(H3,22,23,25). The Hall–Kier alpha value is -3.22. The molecule has 7 heteroatoms. The number of carbonyl (C=O) groups is 1. The van der Waals surface area contributed by atoms with Crippen molar-refractivity contribution < 1.29 is 14.3 Å². The molecule has 150 valence electrons. The van der Waals surface area contributed by atoms with Gasteiger partial charge in [0, 0.05) is 23.4 Å². The molecule has 0 fully saturated rings. The lowest BCUT2D eigenvalue weighted by Gasteiger charge is -2.11. The molecule has 2 aromatic rings. The lowest BCUT2D eigenvalue weighted by Crippen LogP contribution is -2.22. The number of hydrogen-bond acceptors (Lipinski definition) is 4. The lowest BCUT2D eigenvalue weighted by atomic mass is 10.1. The van der Waals surface area contributed by atoms with Crippen molar-refractivity contribution in [1.29, 1.82) is 0 Å². The molecule has 0 saturated carbocycles. The zero-order valence-corrected chi connectivity index (χ0v) is 16.8. The highest BCUT2D eigenvalue weighted by Crippen LogP contribution is 2.29. The first kappa shape index (κ1) is 21.1. The van der Waals surface area contributed by atoms with Crippen LogP contribution in [0.5, 0.6) is 11.5 Å². The molecule has 0 heterocycles. The molecule has 0 radical (unpaired) electrons. The minimum atomic E-state index is -0.0250. The van der Waals surface area contributed by atoms with E-state index in [-0.39, 0.29) is 17.8 Å². The van der Waals surface area contributed by atoms with E-state index in [1.54, 1.807) is 26.4 Å². The summed E-state index contributed by atoms with van der Waals surface area (Å²) in [7, 11) is 3.16. The van der Waals surface area contributed by atoms with E-state index in [2.05, 4.69) is 15.6 Å². The molecule has 4 N–H and O–H groups in total. The van der Waals surface area contributed by atoms with Crippen LogP contribution < -0.4 is 25.8 Å². The summed E-state index contributed by atoms with van der Waals surface area (Å²) in [5.41, 5.74) is 8.43. The van der Waals surface area contributed by atoms with Gasteiger partial charge in [-0.25, -0.2) is 4.99 Å². The number of anilines is 2. The van der Waals surface area contributed by atoms with Crippen molar-refractivity contribution in [2.45, 2.75) is 26.8 Å². The predicted molar refractivity (Wildman–Crippen MR) is 113 cm³/mol. The Balaban J connectivity index is 2.01. The SMILES string of the molecule is CCC(C)C(=O)Nc1cccc(CN=C(N)Nc2ccc(OC)c(OC)c2)c1. The van der Waals surface area contributed by atoms with Crippen molar-refractivity contribution in [3.63, 3.8) is 0 Å². The molecule has 1 atom stereocenters. The molecule has 0 saturated heterocycles. The fourth-order valence-electron chi connectivity index (χ4n) is 2.48. The summed E-state index contributed by atoms with van der Waals surface area (Å²) in [6, 6.07) is 13.0. The first-order chi connectivity index (χ1) is 13.5. The second kappa shape index (κ2) is 10.2. The second-order valence-electron chi connectivity index (χ2n) is 6.40. The molecule has 2 aromatic carbocycles. The summed E-state index contributed by atoms with van der Waals surface area (Å²) >= 11 is 0. The Morgan fingerprint density at radius 2 is 1.79 bits per heavy atom. The molecule has 0 aliphatic rings. The number of rotatable bonds is 8. The minimum absolute atomic E-state index is 0.0118. The fourth-order valence-corrected chi connectivity index (χ4v) is 2.48. The lowest BCUT2D eigenvalue weighted by molar-refractivity contribution is -0.119. The molecule has 0 bridgehead atoms. The number of methoxy groups -OCH3 is 2. The Bertz CT molecular complexity index is 836. The van der Waals surface area contributed by atoms with Crippen LogP contribution in [0.4, 0.5) is 11.4 Å². The van der Waals surface area contributed by atoms with Gasteiger partial charge in [-0.3, -0.25) is 4.79 Å². The van der Waals surface area contributed by atoms with E-state index >= 15 is 0 Å². The van der Waals surface area contributed by atoms with Gasteiger partial charge in [-0.05, 0) is 36.2 Å². The van der Waals surface area contributed by atoms with Crippen LogP contribution in [0.1, 0.15) is 25.8 Å². The minimum Gasteiger partial charge on any atom is -0.493 e. The van der Waals surface area contributed by atoms with Crippen LogP contribution in [0, 0.1) is 5.92 Å². The smallest absolute Gasteiger partial charge is 0.227 e. The van der Waals surface area contributed by atoms with Crippen molar-refractivity contribution in [3.8, 4) is 11.5 Å². The number of nitrogens with zero attached hydrogens (tertiary/aromatic N) is 1. The normalized spacial score (nSPS) is 12.2. The van der Waals surface area contributed by atoms with Gasteiger partial charge in [0.05, 0.1) is 20.8 Å². The van der Waals surface area contributed by atoms with Gasteiger partial charge in [0.25, 0.3) is 0 Å². The van der Waals surface area contributed by atoms with Gasteiger partial charge in [-0.2, -0.15) is 0 Å². The van der Waals surface area contributed by atoms with Gasteiger partial charge >= 0.3 is 0 Å². The summed E-state index contributed by atoms with van der Waals surface area (Å²) < 4.78 is 10.5. The van der Waals surface area contributed by atoms with Crippen molar-refractivity contribution >= 4 is 23.2 Å². The van der Waals surface area contributed by atoms with E-state index in [9.17, 15) is 4.79 Å². The van der Waals surface area contributed by atoms with Crippen LogP contribution >= 0.6 is 0 Å². The van der Waals surface area contributed by atoms with Crippen molar-refractivity contribution in [1.82, 2.24) is 0 Å². The van der Waals surface area contributed by atoms with E-state index in [1.807, 2.05) is 44.2 Å². The maximum absolute atomic E-state index is 12.0. The van der Waals surface area contributed by atoms with E-state index in [4.69, 9.17) is 15.2 Å².